The Morgan fingerprint density at radius 2 is 1.55 bits per heavy atom. The lowest BCUT2D eigenvalue weighted by molar-refractivity contribution is -0.137. The highest BCUT2D eigenvalue weighted by Crippen LogP contribution is 2.31. The van der Waals surface area contributed by atoms with Crippen LogP contribution >= 0.6 is 0 Å². The molecule has 0 radical (unpaired) electrons. The van der Waals surface area contributed by atoms with E-state index in [9.17, 15) is 26.4 Å². The van der Waals surface area contributed by atoms with E-state index in [2.05, 4.69) is 5.32 Å². The van der Waals surface area contributed by atoms with Gasteiger partial charge < -0.3 is 10.1 Å². The lowest BCUT2D eigenvalue weighted by atomic mass is 10.2. The Kier molecular flexibility index (Phi) is 6.97. The van der Waals surface area contributed by atoms with Crippen molar-refractivity contribution in [1.82, 2.24) is 0 Å². The van der Waals surface area contributed by atoms with Crippen molar-refractivity contribution < 1.29 is 31.1 Å². The molecule has 0 aliphatic heterocycles. The van der Waals surface area contributed by atoms with Crippen LogP contribution in [0.5, 0.6) is 11.5 Å². The summed E-state index contributed by atoms with van der Waals surface area (Å²) in [6, 6.07) is 17.9. The molecule has 0 aromatic heterocycles. The van der Waals surface area contributed by atoms with Crippen LogP contribution < -0.4 is 14.4 Å². The van der Waals surface area contributed by atoms with Crippen molar-refractivity contribution in [3.63, 3.8) is 0 Å². The van der Waals surface area contributed by atoms with E-state index in [0.717, 1.165) is 28.8 Å². The number of nitrogens with zero attached hydrogens (tertiary/aromatic N) is 1. The topological polar surface area (TPSA) is 75.7 Å². The second kappa shape index (κ2) is 9.53. The van der Waals surface area contributed by atoms with Crippen LogP contribution in [0.2, 0.25) is 0 Å². The van der Waals surface area contributed by atoms with E-state index in [1.165, 1.54) is 25.1 Å². The molecule has 174 valence electrons. The van der Waals surface area contributed by atoms with E-state index < -0.39 is 33.7 Å². The van der Waals surface area contributed by atoms with Gasteiger partial charge in [-0.3, -0.25) is 9.10 Å². The molecule has 0 fully saturated rings. The third-order valence-corrected chi connectivity index (χ3v) is 5.86. The molecule has 1 amide bonds. The first-order valence-corrected chi connectivity index (χ1v) is 11.6. The molecule has 0 bridgehead atoms. The van der Waals surface area contributed by atoms with Gasteiger partial charge in [0.15, 0.2) is 0 Å². The number of alkyl halides is 3. The summed E-state index contributed by atoms with van der Waals surface area (Å²) in [5.41, 5.74) is -0.826. The number of hydrogen-bond donors (Lipinski definition) is 1. The van der Waals surface area contributed by atoms with E-state index in [0.29, 0.717) is 11.5 Å². The van der Waals surface area contributed by atoms with Crippen LogP contribution in [0.15, 0.2) is 78.9 Å². The molecular formula is C23H21F3N2O4S. The average molecular weight is 478 g/mol. The van der Waals surface area contributed by atoms with Crippen molar-refractivity contribution in [3.05, 3.63) is 84.4 Å². The number of hydrogen-bond acceptors (Lipinski definition) is 4. The Hall–Kier alpha value is -3.53. The van der Waals surface area contributed by atoms with Gasteiger partial charge in [0.2, 0.25) is 15.9 Å². The fourth-order valence-corrected chi connectivity index (χ4v) is 4.29. The summed E-state index contributed by atoms with van der Waals surface area (Å²) in [5.74, 6) is 0.267. The average Bonchev–Trinajstić information content (AvgIpc) is 2.74. The number of carbonyl (C=O) groups is 1. The maximum absolute atomic E-state index is 12.9. The highest BCUT2D eigenvalue weighted by molar-refractivity contribution is 7.92. The van der Waals surface area contributed by atoms with Gasteiger partial charge in [0.1, 0.15) is 17.5 Å². The smallest absolute Gasteiger partial charge is 0.416 e. The first-order valence-electron chi connectivity index (χ1n) is 9.75. The first kappa shape index (κ1) is 24.1. The molecule has 10 heteroatoms. The molecule has 3 aromatic carbocycles. The van der Waals surface area contributed by atoms with E-state index in [1.807, 2.05) is 6.07 Å². The quantitative estimate of drug-likeness (QED) is 0.501. The minimum Gasteiger partial charge on any atom is -0.457 e. The fourth-order valence-electron chi connectivity index (χ4n) is 3.11. The lowest BCUT2D eigenvalue weighted by Gasteiger charge is -2.28. The molecule has 6 nitrogen and oxygen atoms in total. The van der Waals surface area contributed by atoms with Crippen LogP contribution in [0, 0.1) is 0 Å². The number of sulfonamides is 1. The van der Waals surface area contributed by atoms with E-state index in [4.69, 9.17) is 4.74 Å². The van der Waals surface area contributed by atoms with Gasteiger partial charge in [0, 0.05) is 5.69 Å². The normalized spacial score (nSPS) is 12.6. The van der Waals surface area contributed by atoms with Gasteiger partial charge in [-0.1, -0.05) is 24.3 Å². The zero-order valence-corrected chi connectivity index (χ0v) is 18.5. The van der Waals surface area contributed by atoms with Gasteiger partial charge in [-0.25, -0.2) is 8.42 Å². The van der Waals surface area contributed by atoms with Gasteiger partial charge >= 0.3 is 6.18 Å². The Bertz CT molecular complexity index is 1210. The molecule has 3 aromatic rings. The van der Waals surface area contributed by atoms with Crippen molar-refractivity contribution in [2.75, 3.05) is 15.9 Å². The van der Waals surface area contributed by atoms with Crippen molar-refractivity contribution in [3.8, 4) is 11.5 Å². The van der Waals surface area contributed by atoms with E-state index in [1.54, 1.807) is 36.4 Å². The standard InChI is InChI=1S/C23H21F3N2O4S/c1-16(22(29)27-18-8-6-7-17(15-18)23(24,25)26)28(33(2,30)31)19-11-13-21(14-12-19)32-20-9-4-3-5-10-20/h3-16H,1-2H3,(H,27,29). The van der Waals surface area contributed by atoms with Gasteiger partial charge in [-0.2, -0.15) is 13.2 Å². The lowest BCUT2D eigenvalue weighted by Crippen LogP contribution is -2.45. The second-order valence-corrected chi connectivity index (χ2v) is 9.07. The molecule has 1 unspecified atom stereocenters. The molecule has 0 aliphatic carbocycles. The van der Waals surface area contributed by atoms with Gasteiger partial charge in [-0.05, 0) is 61.5 Å². The minimum atomic E-state index is -4.57. The summed E-state index contributed by atoms with van der Waals surface area (Å²) >= 11 is 0. The van der Waals surface area contributed by atoms with Crippen molar-refractivity contribution >= 4 is 27.3 Å². The Morgan fingerprint density at radius 1 is 0.939 bits per heavy atom. The van der Waals surface area contributed by atoms with Crippen molar-refractivity contribution in [1.29, 1.82) is 0 Å². The van der Waals surface area contributed by atoms with E-state index >= 15 is 0 Å². The first-order chi connectivity index (χ1) is 15.4. The monoisotopic (exact) mass is 478 g/mol. The van der Waals surface area contributed by atoms with Crippen LogP contribution in [0.25, 0.3) is 0 Å². The van der Waals surface area contributed by atoms with Crippen molar-refractivity contribution in [2.24, 2.45) is 0 Å². The number of anilines is 2. The molecule has 0 aliphatic rings. The zero-order chi connectivity index (χ0) is 24.2. The number of para-hydroxylation sites is 1. The molecule has 0 spiro atoms. The number of halogens is 3. The highest BCUT2D eigenvalue weighted by Gasteiger charge is 2.32. The van der Waals surface area contributed by atoms with Crippen LogP contribution in [-0.2, 0) is 21.0 Å². The fraction of sp³-hybridized carbons (Fsp3) is 0.174. The third-order valence-electron chi connectivity index (χ3n) is 4.62. The van der Waals surface area contributed by atoms with Crippen LogP contribution in [-0.4, -0.2) is 26.6 Å². The Morgan fingerprint density at radius 3 is 2.12 bits per heavy atom. The van der Waals surface area contributed by atoms with E-state index in [-0.39, 0.29) is 11.4 Å². The predicted molar refractivity (Wildman–Crippen MR) is 120 cm³/mol. The SMILES string of the molecule is CC(C(=O)Nc1cccc(C(F)(F)F)c1)N(c1ccc(Oc2ccccc2)cc1)S(C)(=O)=O. The molecule has 0 saturated carbocycles. The summed E-state index contributed by atoms with van der Waals surface area (Å²) in [6.45, 7) is 1.35. The van der Waals surface area contributed by atoms with Crippen LogP contribution in [0.1, 0.15) is 12.5 Å². The Labute approximate surface area is 189 Å². The molecule has 1 atom stereocenters. The maximum atomic E-state index is 12.9. The zero-order valence-electron chi connectivity index (χ0n) is 17.7. The summed E-state index contributed by atoms with van der Waals surface area (Å²) in [4.78, 5) is 12.7. The number of benzene rings is 3. The molecule has 33 heavy (non-hydrogen) atoms. The summed E-state index contributed by atoms with van der Waals surface area (Å²) in [6.07, 6.45) is -3.63. The molecule has 3 rings (SSSR count). The highest BCUT2D eigenvalue weighted by atomic mass is 32.2. The number of nitrogens with one attached hydrogen (secondary N) is 1. The number of ether oxygens (including phenoxy) is 1. The van der Waals surface area contributed by atoms with Crippen LogP contribution in [0.3, 0.4) is 0 Å². The third kappa shape index (κ3) is 6.26. The molecule has 0 saturated heterocycles. The van der Waals surface area contributed by atoms with Gasteiger partial charge in [0.05, 0.1) is 17.5 Å². The maximum Gasteiger partial charge on any atom is 0.416 e. The number of rotatable bonds is 7. The number of carbonyl (C=O) groups excluding carboxylic acids is 1. The second-order valence-electron chi connectivity index (χ2n) is 7.21. The minimum absolute atomic E-state index is 0.0956. The largest absolute Gasteiger partial charge is 0.457 e. The summed E-state index contributed by atoms with van der Waals surface area (Å²) in [5, 5.41) is 2.35. The van der Waals surface area contributed by atoms with Crippen LogP contribution in [0.4, 0.5) is 24.5 Å². The number of amides is 1. The molecular weight excluding hydrogens is 457 g/mol. The predicted octanol–water partition coefficient (Wildman–Crippen LogP) is 5.29. The van der Waals surface area contributed by atoms with Gasteiger partial charge in [-0.15, -0.1) is 0 Å². The van der Waals surface area contributed by atoms with Gasteiger partial charge in [0.25, 0.3) is 0 Å². The summed E-state index contributed by atoms with van der Waals surface area (Å²) < 4.78 is 70.3. The summed E-state index contributed by atoms with van der Waals surface area (Å²) in [7, 11) is -3.91. The van der Waals surface area contributed by atoms with Crippen molar-refractivity contribution in [2.45, 2.75) is 19.1 Å². The molecule has 0 heterocycles. The Balaban J connectivity index is 1.80. The molecule has 1 N–H and O–H groups in total.